The number of hydrogen-bond acceptors (Lipinski definition) is 4. The van der Waals surface area contributed by atoms with Crippen molar-refractivity contribution in [1.29, 1.82) is 0 Å². The largest absolute Gasteiger partial charge is 0.492 e. The molecule has 0 unspecified atom stereocenters. The maximum atomic E-state index is 12.6. The fourth-order valence-corrected chi connectivity index (χ4v) is 3.03. The third kappa shape index (κ3) is 3.95. The van der Waals surface area contributed by atoms with E-state index in [2.05, 4.69) is 0 Å². The van der Waals surface area contributed by atoms with Gasteiger partial charge in [-0.1, -0.05) is 23.7 Å². The van der Waals surface area contributed by atoms with Crippen molar-refractivity contribution < 1.29 is 19.1 Å². The molecule has 1 heterocycles. The molecule has 0 spiro atoms. The van der Waals surface area contributed by atoms with Crippen LogP contribution in [0.3, 0.4) is 0 Å². The van der Waals surface area contributed by atoms with Gasteiger partial charge >= 0.3 is 0 Å². The van der Waals surface area contributed by atoms with E-state index in [-0.39, 0.29) is 18.4 Å². The van der Waals surface area contributed by atoms with Crippen molar-refractivity contribution in [3.05, 3.63) is 28.8 Å². The second-order valence-corrected chi connectivity index (χ2v) is 5.80. The molecular weight excluding hydrogens is 320 g/mol. The lowest BCUT2D eigenvalue weighted by Gasteiger charge is -2.22. The number of ether oxygens (including phenoxy) is 2. The van der Waals surface area contributed by atoms with Crippen molar-refractivity contribution in [2.45, 2.75) is 31.9 Å². The van der Waals surface area contributed by atoms with Crippen molar-refractivity contribution in [3.8, 4) is 5.75 Å². The first-order valence-corrected chi connectivity index (χ1v) is 7.87. The van der Waals surface area contributed by atoms with E-state index in [1.807, 2.05) is 6.92 Å². The summed E-state index contributed by atoms with van der Waals surface area (Å²) in [5, 5.41) is 0.458. The Hall–Kier alpha value is -1.79. The summed E-state index contributed by atoms with van der Waals surface area (Å²) in [4.78, 5) is 25.7. The molecule has 0 bridgehead atoms. The van der Waals surface area contributed by atoms with E-state index in [0.717, 1.165) is 0 Å². The second-order valence-electron chi connectivity index (χ2n) is 5.40. The van der Waals surface area contributed by atoms with Gasteiger partial charge in [-0.3, -0.25) is 9.59 Å². The van der Waals surface area contributed by atoms with Crippen LogP contribution in [0.1, 0.15) is 18.9 Å². The summed E-state index contributed by atoms with van der Waals surface area (Å²) in [7, 11) is 1.56. The number of amides is 2. The van der Waals surface area contributed by atoms with E-state index in [9.17, 15) is 9.59 Å². The monoisotopic (exact) mass is 340 g/mol. The Morgan fingerprint density at radius 2 is 2.17 bits per heavy atom. The molecule has 1 aromatic rings. The first kappa shape index (κ1) is 17.6. The lowest BCUT2D eigenvalue weighted by Crippen LogP contribution is -2.44. The third-order valence-electron chi connectivity index (χ3n) is 3.92. The summed E-state index contributed by atoms with van der Waals surface area (Å²) in [6.45, 7) is 2.65. The fourth-order valence-electron chi connectivity index (χ4n) is 2.78. The molecule has 0 radical (unpaired) electrons. The molecule has 2 amide bonds. The topological polar surface area (TPSA) is 81.9 Å². The Morgan fingerprint density at radius 1 is 1.43 bits per heavy atom. The molecule has 2 rings (SSSR count). The van der Waals surface area contributed by atoms with Crippen LogP contribution >= 0.6 is 11.6 Å². The molecule has 23 heavy (non-hydrogen) atoms. The highest BCUT2D eigenvalue weighted by atomic mass is 35.5. The van der Waals surface area contributed by atoms with Gasteiger partial charge in [-0.05, 0) is 13.0 Å². The summed E-state index contributed by atoms with van der Waals surface area (Å²) in [5.41, 5.74) is 6.09. The van der Waals surface area contributed by atoms with Gasteiger partial charge < -0.3 is 20.1 Å². The molecule has 0 aliphatic carbocycles. The molecule has 0 aromatic heterocycles. The van der Waals surface area contributed by atoms with Gasteiger partial charge in [-0.25, -0.2) is 0 Å². The lowest BCUT2D eigenvalue weighted by molar-refractivity contribution is -0.136. The summed E-state index contributed by atoms with van der Waals surface area (Å²) >= 11 is 6.13. The van der Waals surface area contributed by atoms with E-state index in [1.54, 1.807) is 25.3 Å². The predicted octanol–water partition coefficient (Wildman–Crippen LogP) is 1.38. The Morgan fingerprint density at radius 3 is 2.78 bits per heavy atom. The number of likely N-dealkylation sites (tertiary alicyclic amines) is 1. The molecule has 1 saturated heterocycles. The van der Waals surface area contributed by atoms with E-state index in [4.69, 9.17) is 26.8 Å². The maximum absolute atomic E-state index is 12.6. The van der Waals surface area contributed by atoms with Crippen LogP contribution in [-0.4, -0.2) is 49.1 Å². The SMILES string of the molecule is CCOc1c(Cl)cccc1CC(=O)N1C[C@@H](OC)C[C@H]1C(N)=O. The average molecular weight is 341 g/mol. The molecule has 1 aromatic carbocycles. The van der Waals surface area contributed by atoms with E-state index >= 15 is 0 Å². The molecule has 2 N–H and O–H groups in total. The van der Waals surface area contributed by atoms with Gasteiger partial charge in [0.15, 0.2) is 0 Å². The van der Waals surface area contributed by atoms with Gasteiger partial charge in [-0.15, -0.1) is 0 Å². The van der Waals surface area contributed by atoms with Crippen molar-refractivity contribution >= 4 is 23.4 Å². The second kappa shape index (κ2) is 7.66. The molecule has 1 aliphatic rings. The molecular formula is C16H21ClN2O4. The highest BCUT2D eigenvalue weighted by Crippen LogP contribution is 2.30. The molecule has 1 fully saturated rings. The Kier molecular flexibility index (Phi) is 5.85. The number of benzene rings is 1. The van der Waals surface area contributed by atoms with Gasteiger partial charge in [-0.2, -0.15) is 0 Å². The number of methoxy groups -OCH3 is 1. The zero-order valence-corrected chi connectivity index (χ0v) is 14.0. The first-order chi connectivity index (χ1) is 11.0. The van der Waals surface area contributed by atoms with Crippen molar-refractivity contribution in [3.63, 3.8) is 0 Å². The quantitative estimate of drug-likeness (QED) is 0.848. The van der Waals surface area contributed by atoms with Gasteiger partial charge in [0, 0.05) is 25.6 Å². The summed E-state index contributed by atoms with van der Waals surface area (Å²) in [6.07, 6.45) is 0.337. The number of para-hydroxylation sites is 1. The summed E-state index contributed by atoms with van der Waals surface area (Å²) in [6, 6.07) is 4.63. The van der Waals surface area contributed by atoms with Crippen molar-refractivity contribution in [2.24, 2.45) is 5.73 Å². The molecule has 126 valence electrons. The Bertz CT molecular complexity index is 593. The van der Waals surface area contributed by atoms with Crippen LogP contribution in [0.2, 0.25) is 5.02 Å². The van der Waals surface area contributed by atoms with Crippen LogP contribution in [0.15, 0.2) is 18.2 Å². The van der Waals surface area contributed by atoms with Crippen LogP contribution in [0, 0.1) is 0 Å². The van der Waals surface area contributed by atoms with E-state index in [1.165, 1.54) is 4.90 Å². The van der Waals surface area contributed by atoms with Gasteiger partial charge in [0.2, 0.25) is 11.8 Å². The Balaban J connectivity index is 2.18. The molecule has 7 heteroatoms. The standard InChI is InChI=1S/C16H21ClN2O4/c1-3-23-15-10(5-4-6-12(15)17)7-14(20)19-9-11(22-2)8-13(19)16(18)21/h4-6,11,13H,3,7-9H2,1-2H3,(H2,18,21)/t11-,13-/m0/s1. The minimum Gasteiger partial charge on any atom is -0.492 e. The highest BCUT2D eigenvalue weighted by Gasteiger charge is 2.38. The number of nitrogens with zero attached hydrogens (tertiary/aromatic N) is 1. The van der Waals surface area contributed by atoms with Crippen LogP contribution in [0.4, 0.5) is 0 Å². The third-order valence-corrected chi connectivity index (χ3v) is 4.22. The summed E-state index contributed by atoms with van der Waals surface area (Å²) in [5.74, 6) is -0.214. The zero-order valence-electron chi connectivity index (χ0n) is 13.3. The van der Waals surface area contributed by atoms with Crippen molar-refractivity contribution in [2.75, 3.05) is 20.3 Å². The number of rotatable bonds is 6. The number of halogens is 1. The van der Waals surface area contributed by atoms with E-state index in [0.29, 0.717) is 35.9 Å². The van der Waals surface area contributed by atoms with Crippen LogP contribution < -0.4 is 10.5 Å². The fraction of sp³-hybridized carbons (Fsp3) is 0.500. The van der Waals surface area contributed by atoms with E-state index < -0.39 is 11.9 Å². The molecule has 6 nitrogen and oxygen atoms in total. The number of nitrogens with two attached hydrogens (primary N) is 1. The number of carbonyl (C=O) groups excluding carboxylic acids is 2. The van der Waals surface area contributed by atoms with Gasteiger partial charge in [0.05, 0.1) is 24.2 Å². The van der Waals surface area contributed by atoms with Gasteiger partial charge in [0.25, 0.3) is 0 Å². The highest BCUT2D eigenvalue weighted by molar-refractivity contribution is 6.32. The minimum absolute atomic E-state index is 0.0934. The number of carbonyl (C=O) groups is 2. The average Bonchev–Trinajstić information content (AvgIpc) is 2.95. The maximum Gasteiger partial charge on any atom is 0.240 e. The van der Waals surface area contributed by atoms with Crippen molar-refractivity contribution in [1.82, 2.24) is 4.90 Å². The molecule has 1 aliphatic heterocycles. The Labute approximate surface area is 140 Å². The first-order valence-electron chi connectivity index (χ1n) is 7.49. The smallest absolute Gasteiger partial charge is 0.240 e. The molecule has 0 saturated carbocycles. The minimum atomic E-state index is -0.637. The predicted molar refractivity (Wildman–Crippen MR) is 86.4 cm³/mol. The number of hydrogen-bond donors (Lipinski definition) is 1. The molecule has 2 atom stereocenters. The van der Waals surface area contributed by atoms with Gasteiger partial charge in [0.1, 0.15) is 11.8 Å². The normalized spacial score (nSPS) is 20.6. The number of primary amides is 1. The van der Waals surface area contributed by atoms with Crippen LogP contribution in [-0.2, 0) is 20.7 Å². The van der Waals surface area contributed by atoms with Crippen LogP contribution in [0.5, 0.6) is 5.75 Å². The zero-order chi connectivity index (χ0) is 17.0. The lowest BCUT2D eigenvalue weighted by atomic mass is 10.1. The summed E-state index contributed by atoms with van der Waals surface area (Å²) < 4.78 is 10.8. The van der Waals surface area contributed by atoms with Crippen LogP contribution in [0.25, 0.3) is 0 Å².